The van der Waals surface area contributed by atoms with Gasteiger partial charge in [-0.05, 0) is 55.8 Å². The van der Waals surface area contributed by atoms with Gasteiger partial charge in [-0.3, -0.25) is 9.59 Å². The summed E-state index contributed by atoms with van der Waals surface area (Å²) < 4.78 is 1.85. The van der Waals surface area contributed by atoms with Crippen LogP contribution in [-0.4, -0.2) is 65.1 Å². The molecule has 29 heavy (non-hydrogen) atoms. The van der Waals surface area contributed by atoms with Crippen molar-refractivity contribution in [1.82, 2.24) is 14.4 Å². The molecule has 0 saturated carbocycles. The number of rotatable bonds is 4. The molecule has 7 nitrogen and oxygen atoms in total. The lowest BCUT2D eigenvalue weighted by Gasteiger charge is -2.43. The quantitative estimate of drug-likeness (QED) is 0.852. The Bertz CT molecular complexity index is 1010. The fraction of sp³-hybridized carbons (Fsp3) is 0.409. The fourth-order valence-electron chi connectivity index (χ4n) is 4.51. The van der Waals surface area contributed by atoms with Crippen LogP contribution in [0.3, 0.4) is 0 Å². The largest absolute Gasteiger partial charge is 0.478 e. The summed E-state index contributed by atoms with van der Waals surface area (Å²) in [5.41, 5.74) is 2.74. The molecule has 0 aliphatic carbocycles. The first kappa shape index (κ1) is 19.4. The molecule has 7 heteroatoms. The van der Waals surface area contributed by atoms with E-state index in [2.05, 4.69) is 0 Å². The summed E-state index contributed by atoms with van der Waals surface area (Å²) >= 11 is 0. The molecule has 3 heterocycles. The Morgan fingerprint density at radius 3 is 2.45 bits per heavy atom. The van der Waals surface area contributed by atoms with Crippen molar-refractivity contribution >= 4 is 11.9 Å². The van der Waals surface area contributed by atoms with Gasteiger partial charge in [0.25, 0.3) is 5.56 Å². The van der Waals surface area contributed by atoms with Crippen LogP contribution in [0.5, 0.6) is 0 Å². The number of aromatic nitrogens is 1. The van der Waals surface area contributed by atoms with E-state index in [1.807, 2.05) is 34.5 Å². The fourth-order valence-corrected chi connectivity index (χ4v) is 4.51. The number of hydrogen-bond donors (Lipinski definition) is 1. The average molecular weight is 395 g/mol. The number of pyridine rings is 1. The second-order valence-corrected chi connectivity index (χ2v) is 8.34. The van der Waals surface area contributed by atoms with E-state index in [9.17, 15) is 14.4 Å². The van der Waals surface area contributed by atoms with Gasteiger partial charge in [0.05, 0.1) is 12.1 Å². The number of nitrogens with zero attached hydrogens (tertiary/aromatic N) is 3. The Morgan fingerprint density at radius 1 is 1.07 bits per heavy atom. The zero-order chi connectivity index (χ0) is 20.7. The molecule has 1 saturated heterocycles. The normalized spacial score (nSPS) is 20.4. The smallest absolute Gasteiger partial charge is 0.335 e. The van der Waals surface area contributed by atoms with E-state index in [1.54, 1.807) is 30.3 Å². The molecule has 2 aromatic rings. The predicted octanol–water partition coefficient (Wildman–Crippen LogP) is 1.72. The van der Waals surface area contributed by atoms with Crippen LogP contribution in [0.2, 0.25) is 0 Å². The number of benzene rings is 1. The highest BCUT2D eigenvalue weighted by Gasteiger charge is 2.36. The number of hydrogen-bond acceptors (Lipinski definition) is 4. The minimum Gasteiger partial charge on any atom is -0.478 e. The summed E-state index contributed by atoms with van der Waals surface area (Å²) in [4.78, 5) is 40.3. The van der Waals surface area contributed by atoms with Crippen molar-refractivity contribution in [2.24, 2.45) is 5.92 Å². The molecule has 2 aliphatic rings. The second-order valence-electron chi connectivity index (χ2n) is 8.34. The highest BCUT2D eigenvalue weighted by molar-refractivity contribution is 5.88. The molecule has 1 amide bonds. The molecule has 1 N–H and O–H groups in total. The van der Waals surface area contributed by atoms with Crippen molar-refractivity contribution in [3.63, 3.8) is 0 Å². The molecule has 2 bridgehead atoms. The summed E-state index contributed by atoms with van der Waals surface area (Å²) in [5, 5.41) is 9.08. The predicted molar refractivity (Wildman–Crippen MR) is 109 cm³/mol. The SMILES string of the molecule is CN(C)CC(=O)N1C[C@@H]2C[C@H](C1)c1cc(-c3ccc(C(=O)O)cc3)cc(=O)n1C2. The lowest BCUT2D eigenvalue weighted by atomic mass is 9.82. The number of aromatic carboxylic acids is 1. The Balaban J connectivity index is 1.65. The van der Waals surface area contributed by atoms with Crippen molar-refractivity contribution in [1.29, 1.82) is 0 Å². The number of likely N-dealkylation sites (N-methyl/N-ethyl adjacent to an activating group) is 1. The number of piperidine rings is 1. The molecule has 2 atom stereocenters. The number of fused-ring (bicyclic) bond motifs is 4. The summed E-state index contributed by atoms with van der Waals surface area (Å²) in [6, 6.07) is 10.2. The lowest BCUT2D eigenvalue weighted by molar-refractivity contribution is -0.134. The highest BCUT2D eigenvalue weighted by Crippen LogP contribution is 2.36. The van der Waals surface area contributed by atoms with Crippen molar-refractivity contribution in [3.8, 4) is 11.1 Å². The highest BCUT2D eigenvalue weighted by atomic mass is 16.4. The molecular formula is C22H25N3O4. The number of carboxylic acids is 1. The van der Waals surface area contributed by atoms with E-state index >= 15 is 0 Å². The van der Waals surface area contributed by atoms with Crippen LogP contribution in [0.25, 0.3) is 11.1 Å². The molecule has 1 aromatic carbocycles. The van der Waals surface area contributed by atoms with Crippen LogP contribution in [0.4, 0.5) is 0 Å². The maximum absolute atomic E-state index is 12.8. The van der Waals surface area contributed by atoms with Gasteiger partial charge in [-0.1, -0.05) is 12.1 Å². The van der Waals surface area contributed by atoms with Crippen molar-refractivity contribution in [2.45, 2.75) is 18.9 Å². The van der Waals surface area contributed by atoms with Crippen LogP contribution >= 0.6 is 0 Å². The van der Waals surface area contributed by atoms with E-state index in [0.29, 0.717) is 32.1 Å². The molecule has 1 aromatic heterocycles. The van der Waals surface area contributed by atoms with Gasteiger partial charge in [-0.2, -0.15) is 0 Å². The average Bonchev–Trinajstić information content (AvgIpc) is 2.68. The third-order valence-electron chi connectivity index (χ3n) is 5.83. The molecule has 152 valence electrons. The maximum Gasteiger partial charge on any atom is 0.335 e. The van der Waals surface area contributed by atoms with Crippen molar-refractivity contribution in [3.05, 3.63) is 58.0 Å². The molecule has 0 radical (unpaired) electrons. The maximum atomic E-state index is 12.8. The minimum absolute atomic E-state index is 0.0393. The molecule has 2 aliphatic heterocycles. The number of likely N-dealkylation sites (tertiary alicyclic amines) is 1. The van der Waals surface area contributed by atoms with Gasteiger partial charge in [-0.15, -0.1) is 0 Å². The number of amides is 1. The first-order valence-electron chi connectivity index (χ1n) is 9.83. The Labute approximate surface area is 169 Å². The zero-order valence-corrected chi connectivity index (χ0v) is 16.7. The van der Waals surface area contributed by atoms with Crippen molar-refractivity contribution < 1.29 is 14.7 Å². The topological polar surface area (TPSA) is 82.9 Å². The first-order valence-corrected chi connectivity index (χ1v) is 9.83. The second kappa shape index (κ2) is 7.48. The van der Waals surface area contributed by atoms with Gasteiger partial charge in [0, 0.05) is 37.3 Å². The summed E-state index contributed by atoms with van der Waals surface area (Å²) in [7, 11) is 3.78. The van der Waals surface area contributed by atoms with Gasteiger partial charge in [0.1, 0.15) is 0 Å². The Kier molecular flexibility index (Phi) is 5.00. The standard InChI is InChI=1S/C22H25N3O4/c1-23(2)13-21(27)24-10-14-7-18(12-24)19-8-17(9-20(26)25(19)11-14)15-3-5-16(6-4-15)22(28)29/h3-6,8-9,14,18H,7,10-13H2,1-2H3,(H,28,29)/t14-,18+/m0/s1. The van der Waals surface area contributed by atoms with Gasteiger partial charge >= 0.3 is 5.97 Å². The van der Waals surface area contributed by atoms with E-state index in [0.717, 1.165) is 23.2 Å². The van der Waals surface area contributed by atoms with E-state index in [-0.39, 0.29) is 22.9 Å². The molecule has 1 fully saturated rings. The molecule has 0 unspecified atom stereocenters. The summed E-state index contributed by atoms with van der Waals surface area (Å²) in [6.07, 6.45) is 0.979. The van der Waals surface area contributed by atoms with E-state index < -0.39 is 5.97 Å². The third kappa shape index (κ3) is 3.82. The van der Waals surface area contributed by atoms with E-state index in [4.69, 9.17) is 5.11 Å². The van der Waals surface area contributed by atoms with Crippen LogP contribution in [0, 0.1) is 5.92 Å². The van der Waals surface area contributed by atoms with E-state index in [1.165, 1.54) is 0 Å². The van der Waals surface area contributed by atoms with Gasteiger partial charge in [0.15, 0.2) is 0 Å². The third-order valence-corrected chi connectivity index (χ3v) is 5.83. The Hall–Kier alpha value is -2.93. The van der Waals surface area contributed by atoms with Crippen molar-refractivity contribution in [2.75, 3.05) is 33.7 Å². The summed E-state index contributed by atoms with van der Waals surface area (Å²) in [5.74, 6) is -0.413. The van der Waals surface area contributed by atoms with Crippen LogP contribution < -0.4 is 5.56 Å². The monoisotopic (exact) mass is 395 g/mol. The molecule has 4 rings (SSSR count). The lowest BCUT2D eigenvalue weighted by Crippen LogP contribution is -2.50. The number of carboxylic acid groups (broad SMARTS) is 1. The summed E-state index contributed by atoms with van der Waals surface area (Å²) in [6.45, 7) is 2.36. The van der Waals surface area contributed by atoms with Crippen LogP contribution in [0.15, 0.2) is 41.2 Å². The molecule has 0 spiro atoms. The number of carbonyl (C=O) groups is 2. The molecular weight excluding hydrogens is 370 g/mol. The van der Waals surface area contributed by atoms with Crippen LogP contribution in [-0.2, 0) is 11.3 Å². The van der Waals surface area contributed by atoms with Gasteiger partial charge in [-0.25, -0.2) is 4.79 Å². The Morgan fingerprint density at radius 2 is 1.79 bits per heavy atom. The first-order chi connectivity index (χ1) is 13.8. The van der Waals surface area contributed by atoms with Gasteiger partial charge < -0.3 is 19.5 Å². The number of carbonyl (C=O) groups excluding carboxylic acids is 1. The zero-order valence-electron chi connectivity index (χ0n) is 16.7. The minimum atomic E-state index is -0.974. The van der Waals surface area contributed by atoms with Gasteiger partial charge in [0.2, 0.25) is 5.91 Å². The van der Waals surface area contributed by atoms with Crippen LogP contribution in [0.1, 0.15) is 28.4 Å².